The molecule has 18 heavy (non-hydrogen) atoms. The molecular formula is C15H14FNO. The maximum atomic E-state index is 13.2. The minimum Gasteiger partial charge on any atom is -0.384 e. The molecule has 1 heterocycles. The van der Waals surface area contributed by atoms with E-state index in [1.165, 1.54) is 17.7 Å². The molecule has 3 rings (SSSR count). The lowest BCUT2D eigenvalue weighted by molar-refractivity contribution is 0.220. The number of rotatable bonds is 2. The van der Waals surface area contributed by atoms with Crippen LogP contribution in [-0.2, 0) is 6.42 Å². The molecule has 0 amide bonds. The Morgan fingerprint density at radius 1 is 1.17 bits per heavy atom. The van der Waals surface area contributed by atoms with Crippen molar-refractivity contribution in [2.75, 3.05) is 11.9 Å². The quantitative estimate of drug-likeness (QED) is 0.850. The molecule has 2 aromatic rings. The van der Waals surface area contributed by atoms with Gasteiger partial charge in [0, 0.05) is 17.8 Å². The van der Waals surface area contributed by atoms with Gasteiger partial charge in [-0.15, -0.1) is 0 Å². The van der Waals surface area contributed by atoms with Gasteiger partial charge in [0.25, 0.3) is 0 Å². The van der Waals surface area contributed by atoms with Crippen LogP contribution in [0.1, 0.15) is 22.8 Å². The van der Waals surface area contributed by atoms with Crippen molar-refractivity contribution >= 4 is 5.69 Å². The third kappa shape index (κ3) is 1.87. The molecule has 2 aromatic carbocycles. The molecule has 2 N–H and O–H groups in total. The summed E-state index contributed by atoms with van der Waals surface area (Å²) in [6.45, 7) is 0.891. The second-order valence-electron chi connectivity index (χ2n) is 4.52. The predicted octanol–water partition coefficient (Wildman–Crippen LogP) is 2.88. The zero-order chi connectivity index (χ0) is 12.5. The summed E-state index contributed by atoms with van der Waals surface area (Å²) in [5.74, 6) is -0.327. The van der Waals surface area contributed by atoms with Gasteiger partial charge in [0.2, 0.25) is 0 Å². The number of hydrogen-bond donors (Lipinski definition) is 2. The Balaban J connectivity index is 2.03. The predicted molar refractivity (Wildman–Crippen MR) is 69.1 cm³/mol. The van der Waals surface area contributed by atoms with Crippen LogP contribution in [0, 0.1) is 5.82 Å². The molecule has 3 heteroatoms. The van der Waals surface area contributed by atoms with Crippen molar-refractivity contribution in [1.82, 2.24) is 0 Å². The summed E-state index contributed by atoms with van der Waals surface area (Å²) in [6, 6.07) is 12.0. The third-order valence-corrected chi connectivity index (χ3v) is 3.34. The summed E-state index contributed by atoms with van der Waals surface area (Å²) in [7, 11) is 0. The zero-order valence-corrected chi connectivity index (χ0v) is 9.86. The van der Waals surface area contributed by atoms with E-state index in [4.69, 9.17) is 0 Å². The van der Waals surface area contributed by atoms with E-state index in [1.54, 1.807) is 12.1 Å². The van der Waals surface area contributed by atoms with Crippen molar-refractivity contribution in [3.05, 3.63) is 65.0 Å². The number of para-hydroxylation sites is 1. The molecule has 0 saturated heterocycles. The fraction of sp³-hybridized carbons (Fsp3) is 0.200. The van der Waals surface area contributed by atoms with Crippen molar-refractivity contribution in [2.24, 2.45) is 0 Å². The number of halogens is 1. The SMILES string of the molecule is OC(c1cccc(F)c1)c1cccc2c1NCC2. The van der Waals surface area contributed by atoms with E-state index >= 15 is 0 Å². The molecule has 1 aliphatic heterocycles. The van der Waals surface area contributed by atoms with Crippen molar-refractivity contribution in [1.29, 1.82) is 0 Å². The van der Waals surface area contributed by atoms with Gasteiger partial charge in [0.1, 0.15) is 11.9 Å². The summed E-state index contributed by atoms with van der Waals surface area (Å²) in [5, 5.41) is 13.7. The first-order chi connectivity index (χ1) is 8.75. The number of aliphatic hydroxyl groups is 1. The number of nitrogens with one attached hydrogen (secondary N) is 1. The van der Waals surface area contributed by atoms with E-state index in [-0.39, 0.29) is 5.82 Å². The zero-order valence-electron chi connectivity index (χ0n) is 9.86. The maximum Gasteiger partial charge on any atom is 0.123 e. The molecule has 0 radical (unpaired) electrons. The Hall–Kier alpha value is -1.87. The minimum absolute atomic E-state index is 0.327. The first kappa shape index (κ1) is 11.2. The molecule has 2 nitrogen and oxygen atoms in total. The lowest BCUT2D eigenvalue weighted by Crippen LogP contribution is -2.04. The Kier molecular flexibility index (Phi) is 2.76. The average Bonchev–Trinajstić information content (AvgIpc) is 2.86. The van der Waals surface area contributed by atoms with Gasteiger partial charge in [-0.25, -0.2) is 4.39 Å². The molecular weight excluding hydrogens is 229 g/mol. The first-order valence-electron chi connectivity index (χ1n) is 6.05. The van der Waals surface area contributed by atoms with E-state index in [2.05, 4.69) is 11.4 Å². The number of fused-ring (bicyclic) bond motifs is 1. The van der Waals surface area contributed by atoms with E-state index < -0.39 is 6.10 Å². The fourth-order valence-corrected chi connectivity index (χ4v) is 2.45. The third-order valence-electron chi connectivity index (χ3n) is 3.34. The van der Waals surface area contributed by atoms with Crippen LogP contribution in [0.25, 0.3) is 0 Å². The summed E-state index contributed by atoms with van der Waals surface area (Å²) >= 11 is 0. The van der Waals surface area contributed by atoms with Crippen LogP contribution in [0.5, 0.6) is 0 Å². The lowest BCUT2D eigenvalue weighted by atomic mass is 9.98. The van der Waals surface area contributed by atoms with Crippen molar-refractivity contribution < 1.29 is 9.50 Å². The van der Waals surface area contributed by atoms with Crippen LogP contribution in [0.2, 0.25) is 0 Å². The monoisotopic (exact) mass is 243 g/mol. The molecule has 0 aromatic heterocycles. The van der Waals surface area contributed by atoms with Crippen LogP contribution in [-0.4, -0.2) is 11.7 Å². The minimum atomic E-state index is -0.791. The van der Waals surface area contributed by atoms with Crippen molar-refractivity contribution in [3.8, 4) is 0 Å². The molecule has 1 unspecified atom stereocenters. The summed E-state index contributed by atoms with van der Waals surface area (Å²) < 4.78 is 13.2. The summed E-state index contributed by atoms with van der Waals surface area (Å²) in [4.78, 5) is 0. The molecule has 0 aliphatic carbocycles. The molecule has 1 atom stereocenters. The number of aliphatic hydroxyl groups excluding tert-OH is 1. The number of hydrogen-bond acceptors (Lipinski definition) is 2. The van der Waals surface area contributed by atoms with Gasteiger partial charge < -0.3 is 10.4 Å². The van der Waals surface area contributed by atoms with Gasteiger partial charge in [-0.2, -0.15) is 0 Å². The Labute approximate surface area is 105 Å². The highest BCUT2D eigenvalue weighted by Crippen LogP contribution is 2.33. The lowest BCUT2D eigenvalue weighted by Gasteiger charge is -2.15. The molecule has 0 saturated carbocycles. The highest BCUT2D eigenvalue weighted by Gasteiger charge is 2.20. The van der Waals surface area contributed by atoms with E-state index in [9.17, 15) is 9.50 Å². The van der Waals surface area contributed by atoms with Crippen molar-refractivity contribution in [2.45, 2.75) is 12.5 Å². The Morgan fingerprint density at radius 3 is 2.83 bits per heavy atom. The second-order valence-corrected chi connectivity index (χ2v) is 4.52. The standard InChI is InChI=1S/C15H14FNO/c16-12-5-1-4-11(9-12)15(18)13-6-2-3-10-7-8-17-14(10)13/h1-6,9,15,17-18H,7-8H2. The largest absolute Gasteiger partial charge is 0.384 e. The van der Waals surface area contributed by atoms with E-state index in [0.29, 0.717) is 5.56 Å². The van der Waals surface area contributed by atoms with Gasteiger partial charge in [0.05, 0.1) is 0 Å². The molecule has 0 spiro atoms. The number of benzene rings is 2. The molecule has 0 bridgehead atoms. The van der Waals surface area contributed by atoms with Crippen molar-refractivity contribution in [3.63, 3.8) is 0 Å². The highest BCUT2D eigenvalue weighted by atomic mass is 19.1. The normalized spacial score (nSPS) is 15.0. The van der Waals surface area contributed by atoms with E-state index in [0.717, 1.165) is 24.2 Å². The van der Waals surface area contributed by atoms with Gasteiger partial charge in [-0.1, -0.05) is 30.3 Å². The molecule has 1 aliphatic rings. The molecule has 0 fully saturated rings. The first-order valence-corrected chi connectivity index (χ1v) is 6.05. The van der Waals surface area contributed by atoms with Crippen LogP contribution in [0.3, 0.4) is 0 Å². The van der Waals surface area contributed by atoms with Crippen LogP contribution in [0.4, 0.5) is 10.1 Å². The average molecular weight is 243 g/mol. The van der Waals surface area contributed by atoms with Gasteiger partial charge in [-0.05, 0) is 29.7 Å². The second kappa shape index (κ2) is 4.42. The van der Waals surface area contributed by atoms with Gasteiger partial charge in [0.15, 0.2) is 0 Å². The van der Waals surface area contributed by atoms with E-state index in [1.807, 2.05) is 12.1 Å². The highest BCUT2D eigenvalue weighted by molar-refractivity contribution is 5.63. The summed E-state index contributed by atoms with van der Waals surface area (Å²) in [5.41, 5.74) is 3.60. The maximum absolute atomic E-state index is 13.2. The summed E-state index contributed by atoms with van der Waals surface area (Å²) in [6.07, 6.45) is 0.181. The van der Waals surface area contributed by atoms with Gasteiger partial charge >= 0.3 is 0 Å². The Bertz CT molecular complexity index is 582. The Morgan fingerprint density at radius 2 is 2.00 bits per heavy atom. The van der Waals surface area contributed by atoms with Crippen LogP contribution < -0.4 is 5.32 Å². The van der Waals surface area contributed by atoms with Crippen LogP contribution in [0.15, 0.2) is 42.5 Å². The van der Waals surface area contributed by atoms with Crippen LogP contribution >= 0.6 is 0 Å². The fourth-order valence-electron chi connectivity index (χ4n) is 2.45. The molecule has 92 valence electrons. The van der Waals surface area contributed by atoms with Gasteiger partial charge in [-0.3, -0.25) is 0 Å². The topological polar surface area (TPSA) is 32.3 Å². The smallest absolute Gasteiger partial charge is 0.123 e. The number of anilines is 1.